The van der Waals surface area contributed by atoms with Crippen molar-refractivity contribution in [2.75, 3.05) is 4.90 Å². The number of aromatic nitrogens is 4. The molecule has 7 nitrogen and oxygen atoms in total. The molecule has 1 aromatic carbocycles. The quantitative estimate of drug-likeness (QED) is 0.450. The lowest BCUT2D eigenvalue weighted by Crippen LogP contribution is -2.30. The summed E-state index contributed by atoms with van der Waals surface area (Å²) in [5, 5.41) is 13.6. The minimum Gasteiger partial charge on any atom is -0.338 e. The van der Waals surface area contributed by atoms with Crippen molar-refractivity contribution in [3.8, 4) is 11.4 Å². The molecule has 0 N–H and O–H groups in total. The number of carbonyl (C=O) groups excluding carboxylic acids is 1. The molecule has 1 aliphatic rings. The Morgan fingerprint density at radius 1 is 1.35 bits per heavy atom. The van der Waals surface area contributed by atoms with E-state index in [4.69, 9.17) is 16.1 Å². The highest BCUT2D eigenvalue weighted by Crippen LogP contribution is 2.36. The van der Waals surface area contributed by atoms with E-state index in [2.05, 4.69) is 20.3 Å². The van der Waals surface area contributed by atoms with Crippen LogP contribution in [0.3, 0.4) is 0 Å². The first-order chi connectivity index (χ1) is 12.6. The van der Waals surface area contributed by atoms with Crippen molar-refractivity contribution in [1.29, 1.82) is 0 Å². The van der Waals surface area contributed by atoms with E-state index in [9.17, 15) is 4.79 Å². The molecule has 2 heterocycles. The Kier molecular flexibility index (Phi) is 4.92. The number of halogens is 1. The molecule has 1 aliphatic carbocycles. The van der Waals surface area contributed by atoms with Crippen molar-refractivity contribution in [2.45, 2.75) is 35.9 Å². The molecular formula is C16H14ClN5O2S2. The maximum atomic E-state index is 11.8. The van der Waals surface area contributed by atoms with Gasteiger partial charge in [-0.05, 0) is 37.1 Å². The summed E-state index contributed by atoms with van der Waals surface area (Å²) in [6.07, 6.45) is 2.05. The Hall–Kier alpha value is -1.97. The predicted molar refractivity (Wildman–Crippen MR) is 100 cm³/mol. The fourth-order valence-corrected chi connectivity index (χ4v) is 4.31. The van der Waals surface area contributed by atoms with Crippen LogP contribution in [0, 0.1) is 0 Å². The molecule has 2 aromatic heterocycles. The van der Waals surface area contributed by atoms with Gasteiger partial charge in [0.05, 0.1) is 5.75 Å². The van der Waals surface area contributed by atoms with Gasteiger partial charge >= 0.3 is 0 Å². The van der Waals surface area contributed by atoms with E-state index in [1.165, 1.54) is 23.1 Å². The monoisotopic (exact) mass is 407 g/mol. The van der Waals surface area contributed by atoms with Crippen molar-refractivity contribution in [2.24, 2.45) is 0 Å². The van der Waals surface area contributed by atoms with E-state index >= 15 is 0 Å². The number of hydrogen-bond acceptors (Lipinski definition) is 8. The van der Waals surface area contributed by atoms with Gasteiger partial charge in [-0.1, -0.05) is 39.9 Å². The van der Waals surface area contributed by atoms with Crippen LogP contribution in [0.15, 0.2) is 33.1 Å². The molecule has 10 heteroatoms. The first kappa shape index (κ1) is 17.4. The summed E-state index contributed by atoms with van der Waals surface area (Å²) in [5.74, 6) is 1.51. The Morgan fingerprint density at radius 2 is 2.12 bits per heavy atom. The van der Waals surface area contributed by atoms with E-state index in [0.29, 0.717) is 27.6 Å². The molecule has 134 valence electrons. The van der Waals surface area contributed by atoms with Crippen molar-refractivity contribution in [1.82, 2.24) is 20.3 Å². The van der Waals surface area contributed by atoms with Gasteiger partial charge in [-0.3, -0.25) is 9.69 Å². The molecule has 0 bridgehead atoms. The largest absolute Gasteiger partial charge is 0.338 e. The zero-order chi connectivity index (χ0) is 18.1. The maximum absolute atomic E-state index is 11.8. The zero-order valence-corrected chi connectivity index (χ0v) is 16.1. The molecule has 4 rings (SSSR count). The van der Waals surface area contributed by atoms with Crippen molar-refractivity contribution in [3.05, 3.63) is 35.2 Å². The van der Waals surface area contributed by atoms with Gasteiger partial charge < -0.3 is 4.52 Å². The number of nitrogens with zero attached hydrogens (tertiary/aromatic N) is 5. The van der Waals surface area contributed by atoms with Crippen LogP contribution >= 0.6 is 34.7 Å². The van der Waals surface area contributed by atoms with E-state index in [0.717, 1.165) is 22.7 Å². The lowest BCUT2D eigenvalue weighted by Gasteiger charge is -2.15. The van der Waals surface area contributed by atoms with Crippen molar-refractivity contribution >= 4 is 45.7 Å². The zero-order valence-electron chi connectivity index (χ0n) is 13.8. The van der Waals surface area contributed by atoms with E-state index in [1.807, 2.05) is 12.1 Å². The van der Waals surface area contributed by atoms with Gasteiger partial charge in [0.2, 0.25) is 22.8 Å². The molecule has 3 aromatic rings. The predicted octanol–water partition coefficient (Wildman–Crippen LogP) is 4.05. The average molecular weight is 408 g/mol. The molecule has 0 atom stereocenters. The summed E-state index contributed by atoms with van der Waals surface area (Å²) in [5.41, 5.74) is 0.842. The van der Waals surface area contributed by atoms with Crippen LogP contribution in [-0.2, 0) is 10.5 Å². The molecule has 1 fully saturated rings. The summed E-state index contributed by atoms with van der Waals surface area (Å²) < 4.78 is 6.05. The number of carbonyl (C=O) groups is 1. The Labute approximate surface area is 162 Å². The number of thioether (sulfide) groups is 1. The van der Waals surface area contributed by atoms with E-state index in [1.54, 1.807) is 24.0 Å². The summed E-state index contributed by atoms with van der Waals surface area (Å²) in [7, 11) is 0. The third-order valence-electron chi connectivity index (χ3n) is 3.74. The molecular weight excluding hydrogens is 394 g/mol. The molecule has 0 radical (unpaired) electrons. The first-order valence-corrected chi connectivity index (χ1v) is 10.1. The molecule has 0 aliphatic heterocycles. The SMILES string of the molecule is CC(=O)N(c1nnc(SCc2nc(-c3ccc(Cl)cc3)no2)s1)C1CC1. The number of benzene rings is 1. The highest BCUT2D eigenvalue weighted by molar-refractivity contribution is 8.00. The van der Waals surface area contributed by atoms with Gasteiger partial charge in [-0.15, -0.1) is 10.2 Å². The molecule has 0 saturated heterocycles. The summed E-state index contributed by atoms with van der Waals surface area (Å²) >= 11 is 8.74. The fraction of sp³-hybridized carbons (Fsp3) is 0.312. The molecule has 0 spiro atoms. The Balaban J connectivity index is 1.40. The van der Waals surface area contributed by atoms with Gasteiger partial charge in [-0.25, -0.2) is 0 Å². The molecule has 1 saturated carbocycles. The number of amides is 1. The second-order valence-corrected chi connectivity index (χ2v) is 8.39. The maximum Gasteiger partial charge on any atom is 0.237 e. The van der Waals surface area contributed by atoms with Crippen LogP contribution in [0.4, 0.5) is 5.13 Å². The Morgan fingerprint density at radius 3 is 2.81 bits per heavy atom. The second-order valence-electron chi connectivity index (χ2n) is 5.78. The van der Waals surface area contributed by atoms with Gasteiger partial charge in [0.25, 0.3) is 0 Å². The second kappa shape index (κ2) is 7.34. The van der Waals surface area contributed by atoms with Crippen molar-refractivity contribution in [3.63, 3.8) is 0 Å². The third-order valence-corrected chi connectivity index (χ3v) is 6.04. The Bertz CT molecular complexity index is 923. The van der Waals surface area contributed by atoms with Gasteiger partial charge in [-0.2, -0.15) is 4.98 Å². The number of rotatable bonds is 6. The first-order valence-electron chi connectivity index (χ1n) is 7.95. The van der Waals surface area contributed by atoms with E-state index < -0.39 is 0 Å². The summed E-state index contributed by atoms with van der Waals surface area (Å²) in [6, 6.07) is 7.53. The summed E-state index contributed by atoms with van der Waals surface area (Å²) in [4.78, 5) is 17.9. The molecule has 0 unspecified atom stereocenters. The fourth-order valence-electron chi connectivity index (χ4n) is 2.39. The lowest BCUT2D eigenvalue weighted by atomic mass is 10.2. The topological polar surface area (TPSA) is 85.0 Å². The van der Waals surface area contributed by atoms with Crippen LogP contribution in [-0.4, -0.2) is 32.3 Å². The van der Waals surface area contributed by atoms with Crippen molar-refractivity contribution < 1.29 is 9.32 Å². The number of hydrogen-bond donors (Lipinski definition) is 0. The minimum absolute atomic E-state index is 0.00436. The third kappa shape index (κ3) is 3.89. The number of anilines is 1. The van der Waals surface area contributed by atoms with Crippen LogP contribution in [0.25, 0.3) is 11.4 Å². The van der Waals surface area contributed by atoms with Crippen LogP contribution in [0.5, 0.6) is 0 Å². The van der Waals surface area contributed by atoms with Gasteiger partial charge in [0.1, 0.15) is 0 Å². The average Bonchev–Trinajstić information content (AvgIpc) is 3.15. The normalized spacial score (nSPS) is 13.8. The standard InChI is InChI=1S/C16H14ClN5O2S2/c1-9(23)22(12-6-7-12)15-19-20-16(26-15)25-8-13-18-14(21-24-13)10-2-4-11(17)5-3-10/h2-5,12H,6-8H2,1H3. The van der Waals surface area contributed by atoms with Crippen LogP contribution < -0.4 is 4.90 Å². The lowest BCUT2D eigenvalue weighted by molar-refractivity contribution is -0.116. The van der Waals surface area contributed by atoms with E-state index in [-0.39, 0.29) is 11.9 Å². The van der Waals surface area contributed by atoms with Gasteiger partial charge in [0, 0.05) is 23.6 Å². The minimum atomic E-state index is 0.00436. The highest BCUT2D eigenvalue weighted by atomic mass is 35.5. The summed E-state index contributed by atoms with van der Waals surface area (Å²) in [6.45, 7) is 1.56. The van der Waals surface area contributed by atoms with Gasteiger partial charge in [0.15, 0.2) is 4.34 Å². The highest BCUT2D eigenvalue weighted by Gasteiger charge is 2.34. The van der Waals surface area contributed by atoms with Crippen LogP contribution in [0.2, 0.25) is 5.02 Å². The molecule has 26 heavy (non-hydrogen) atoms. The van der Waals surface area contributed by atoms with Crippen LogP contribution in [0.1, 0.15) is 25.7 Å². The molecule has 1 amide bonds. The smallest absolute Gasteiger partial charge is 0.237 e.